The van der Waals surface area contributed by atoms with E-state index in [0.717, 1.165) is 30.8 Å². The Bertz CT molecular complexity index is 701. The summed E-state index contributed by atoms with van der Waals surface area (Å²) in [4.78, 5) is 0. The molecule has 2 nitrogen and oxygen atoms in total. The Kier molecular flexibility index (Phi) is 4.31. The maximum absolute atomic E-state index is 6.01. The zero-order valence-corrected chi connectivity index (χ0v) is 14.8. The number of halogens is 2. The van der Waals surface area contributed by atoms with E-state index in [0.29, 0.717) is 0 Å². The molecule has 1 N–H and O–H groups in total. The highest BCUT2D eigenvalue weighted by Crippen LogP contribution is 2.39. The molecule has 0 aliphatic heterocycles. The molecule has 0 amide bonds. The van der Waals surface area contributed by atoms with Crippen molar-refractivity contribution >= 4 is 54.2 Å². The molecule has 0 fully saturated rings. The van der Waals surface area contributed by atoms with Gasteiger partial charge in [-0.25, -0.2) is 0 Å². The molecule has 0 aliphatic rings. The molecular formula is C15H13Br2NOS. The van der Waals surface area contributed by atoms with Crippen LogP contribution in [-0.2, 0) is 0 Å². The van der Waals surface area contributed by atoms with E-state index in [4.69, 9.17) is 4.42 Å². The Morgan fingerprint density at radius 2 is 2.05 bits per heavy atom. The molecular weight excluding hydrogens is 402 g/mol. The molecule has 0 saturated carbocycles. The van der Waals surface area contributed by atoms with Gasteiger partial charge in [-0.3, -0.25) is 0 Å². The number of furan rings is 1. The average Bonchev–Trinajstić information content (AvgIpc) is 2.99. The molecule has 2 heterocycles. The third-order valence-electron chi connectivity index (χ3n) is 3.13. The monoisotopic (exact) mass is 413 g/mol. The van der Waals surface area contributed by atoms with E-state index in [-0.39, 0.29) is 6.04 Å². The van der Waals surface area contributed by atoms with E-state index in [1.807, 2.05) is 18.2 Å². The van der Waals surface area contributed by atoms with Crippen LogP contribution in [0.25, 0.3) is 11.0 Å². The number of thiophene rings is 1. The summed E-state index contributed by atoms with van der Waals surface area (Å²) < 4.78 is 8.24. The third-order valence-corrected chi connectivity index (χ3v) is 5.52. The molecule has 2 aromatic heterocycles. The van der Waals surface area contributed by atoms with Crippen molar-refractivity contribution in [3.63, 3.8) is 0 Å². The van der Waals surface area contributed by atoms with Crippen LogP contribution in [0.2, 0.25) is 0 Å². The molecule has 20 heavy (non-hydrogen) atoms. The minimum atomic E-state index is 0.0596. The largest absolute Gasteiger partial charge is 0.459 e. The zero-order chi connectivity index (χ0) is 14.1. The van der Waals surface area contributed by atoms with Crippen molar-refractivity contribution in [3.05, 3.63) is 55.3 Å². The highest BCUT2D eigenvalue weighted by Gasteiger charge is 2.21. The first-order valence-electron chi connectivity index (χ1n) is 6.35. The van der Waals surface area contributed by atoms with Gasteiger partial charge in [0.25, 0.3) is 0 Å². The fourth-order valence-corrected chi connectivity index (χ4v) is 5.16. The lowest BCUT2D eigenvalue weighted by Gasteiger charge is -2.14. The summed E-state index contributed by atoms with van der Waals surface area (Å²) >= 11 is 8.85. The highest BCUT2D eigenvalue weighted by atomic mass is 79.9. The average molecular weight is 415 g/mol. The number of fused-ring (bicyclic) bond motifs is 1. The standard InChI is InChI=1S/C15H13Br2NOS/c1-2-18-14(10-8-13(16)20-15(10)17)12-7-9-5-3-4-6-11(9)19-12/h3-8,14,18H,2H2,1H3. The molecule has 1 aromatic carbocycles. The molecule has 1 atom stereocenters. The van der Waals surface area contributed by atoms with E-state index in [2.05, 4.69) is 62.3 Å². The van der Waals surface area contributed by atoms with Crippen LogP contribution in [0.1, 0.15) is 24.3 Å². The molecule has 104 valence electrons. The van der Waals surface area contributed by atoms with Gasteiger partial charge in [-0.05, 0) is 56.6 Å². The van der Waals surface area contributed by atoms with E-state index < -0.39 is 0 Å². The minimum absolute atomic E-state index is 0.0596. The summed E-state index contributed by atoms with van der Waals surface area (Å²) in [5, 5.41) is 4.63. The number of benzene rings is 1. The van der Waals surface area contributed by atoms with Gasteiger partial charge in [0.1, 0.15) is 11.3 Å². The molecule has 1 unspecified atom stereocenters. The summed E-state index contributed by atoms with van der Waals surface area (Å²) in [6.45, 7) is 2.98. The van der Waals surface area contributed by atoms with Crippen molar-refractivity contribution in [1.82, 2.24) is 5.32 Å². The quantitative estimate of drug-likeness (QED) is 0.590. The van der Waals surface area contributed by atoms with Gasteiger partial charge in [0.15, 0.2) is 0 Å². The van der Waals surface area contributed by atoms with E-state index >= 15 is 0 Å². The molecule has 0 saturated heterocycles. The first-order chi connectivity index (χ1) is 9.69. The molecule has 0 bridgehead atoms. The topological polar surface area (TPSA) is 25.2 Å². The highest BCUT2D eigenvalue weighted by molar-refractivity contribution is 9.12. The number of hydrogen-bond acceptors (Lipinski definition) is 3. The van der Waals surface area contributed by atoms with Crippen molar-refractivity contribution in [1.29, 1.82) is 0 Å². The Hall–Kier alpha value is -0.620. The molecule has 0 aliphatic carbocycles. The number of hydrogen-bond donors (Lipinski definition) is 1. The molecule has 0 radical (unpaired) electrons. The smallest absolute Gasteiger partial charge is 0.134 e. The first-order valence-corrected chi connectivity index (χ1v) is 8.76. The lowest BCUT2D eigenvalue weighted by Crippen LogP contribution is -2.21. The van der Waals surface area contributed by atoms with Crippen LogP contribution in [-0.4, -0.2) is 6.54 Å². The molecule has 3 rings (SSSR count). The summed E-state index contributed by atoms with van der Waals surface area (Å²) in [6.07, 6.45) is 0. The third kappa shape index (κ3) is 2.72. The Morgan fingerprint density at radius 3 is 2.70 bits per heavy atom. The van der Waals surface area contributed by atoms with Gasteiger partial charge in [0, 0.05) is 10.9 Å². The maximum Gasteiger partial charge on any atom is 0.134 e. The number of nitrogens with one attached hydrogen (secondary N) is 1. The summed E-state index contributed by atoms with van der Waals surface area (Å²) in [5.74, 6) is 0.944. The molecule has 0 spiro atoms. The van der Waals surface area contributed by atoms with Crippen LogP contribution in [0.3, 0.4) is 0 Å². The summed E-state index contributed by atoms with van der Waals surface area (Å²) in [7, 11) is 0. The fraction of sp³-hybridized carbons (Fsp3) is 0.200. The van der Waals surface area contributed by atoms with Gasteiger partial charge >= 0.3 is 0 Å². The Morgan fingerprint density at radius 1 is 1.25 bits per heavy atom. The van der Waals surface area contributed by atoms with Gasteiger partial charge in [0.05, 0.1) is 13.6 Å². The van der Waals surface area contributed by atoms with Crippen LogP contribution in [0.15, 0.2) is 48.4 Å². The Labute approximate surface area is 138 Å². The second-order valence-electron chi connectivity index (χ2n) is 4.46. The maximum atomic E-state index is 6.01. The fourth-order valence-electron chi connectivity index (χ4n) is 2.26. The molecule has 3 aromatic rings. The SMILES string of the molecule is CCNC(c1cc2ccccc2o1)c1cc(Br)sc1Br. The first kappa shape index (κ1) is 14.3. The summed E-state index contributed by atoms with van der Waals surface area (Å²) in [6, 6.07) is 12.4. The van der Waals surface area contributed by atoms with Crippen LogP contribution in [0.5, 0.6) is 0 Å². The predicted octanol–water partition coefficient (Wildman–Crippen LogP) is 5.72. The van der Waals surface area contributed by atoms with Crippen LogP contribution in [0.4, 0.5) is 0 Å². The second-order valence-corrected chi connectivity index (χ2v) is 8.21. The van der Waals surface area contributed by atoms with Crippen molar-refractivity contribution in [2.24, 2.45) is 0 Å². The predicted molar refractivity (Wildman–Crippen MR) is 91.5 cm³/mol. The van der Waals surface area contributed by atoms with E-state index in [9.17, 15) is 0 Å². The van der Waals surface area contributed by atoms with Gasteiger partial charge in [-0.15, -0.1) is 11.3 Å². The van der Waals surface area contributed by atoms with Crippen LogP contribution >= 0.6 is 43.2 Å². The van der Waals surface area contributed by atoms with Gasteiger partial charge < -0.3 is 9.73 Å². The van der Waals surface area contributed by atoms with Crippen molar-refractivity contribution in [2.75, 3.05) is 6.54 Å². The van der Waals surface area contributed by atoms with Crippen molar-refractivity contribution < 1.29 is 4.42 Å². The van der Waals surface area contributed by atoms with Crippen LogP contribution in [0, 0.1) is 0 Å². The lowest BCUT2D eigenvalue weighted by molar-refractivity contribution is 0.477. The van der Waals surface area contributed by atoms with Gasteiger partial charge in [-0.2, -0.15) is 0 Å². The lowest BCUT2D eigenvalue weighted by atomic mass is 10.1. The van der Waals surface area contributed by atoms with Crippen molar-refractivity contribution in [3.8, 4) is 0 Å². The number of para-hydroxylation sites is 1. The normalized spacial score (nSPS) is 12.9. The van der Waals surface area contributed by atoms with E-state index in [1.165, 1.54) is 5.56 Å². The summed E-state index contributed by atoms with van der Waals surface area (Å²) in [5.41, 5.74) is 2.12. The Balaban J connectivity index is 2.08. The zero-order valence-electron chi connectivity index (χ0n) is 10.8. The van der Waals surface area contributed by atoms with Crippen molar-refractivity contribution in [2.45, 2.75) is 13.0 Å². The molecule has 5 heteroatoms. The van der Waals surface area contributed by atoms with Gasteiger partial charge in [0.2, 0.25) is 0 Å². The van der Waals surface area contributed by atoms with Crippen LogP contribution < -0.4 is 5.32 Å². The second kappa shape index (κ2) is 6.02. The number of rotatable bonds is 4. The van der Waals surface area contributed by atoms with Gasteiger partial charge in [-0.1, -0.05) is 25.1 Å². The van der Waals surface area contributed by atoms with E-state index in [1.54, 1.807) is 11.3 Å². The minimum Gasteiger partial charge on any atom is -0.459 e.